The summed E-state index contributed by atoms with van der Waals surface area (Å²) < 4.78 is 20.0. The van der Waals surface area contributed by atoms with Crippen LogP contribution >= 0.6 is 0 Å². The maximum absolute atomic E-state index is 12.5. The monoisotopic (exact) mass is 325 g/mol. The fraction of sp³-hybridized carbons (Fsp3) is 0.833. The van der Waals surface area contributed by atoms with E-state index in [0.29, 0.717) is 11.7 Å². The summed E-state index contributed by atoms with van der Waals surface area (Å²) in [6.45, 7) is 9.99. The maximum atomic E-state index is 12.5. The van der Waals surface area contributed by atoms with Gasteiger partial charge in [-0.3, -0.25) is 4.79 Å². The molecule has 1 unspecified atom stereocenters. The van der Waals surface area contributed by atoms with Gasteiger partial charge in [0.05, 0.1) is 9.73 Å². The third-order valence-electron chi connectivity index (χ3n) is 6.05. The van der Waals surface area contributed by atoms with E-state index < -0.39 is 14.5 Å². The summed E-state index contributed by atoms with van der Waals surface area (Å²) in [6, 6.07) is 0. The zero-order chi connectivity index (χ0) is 16.8. The van der Waals surface area contributed by atoms with E-state index in [1.165, 1.54) is 0 Å². The molecule has 0 spiro atoms. The van der Waals surface area contributed by atoms with Crippen molar-refractivity contribution in [1.82, 2.24) is 0 Å². The molecule has 5 atom stereocenters. The third-order valence-corrected chi connectivity index (χ3v) is 8.41. The van der Waals surface area contributed by atoms with E-state index in [4.69, 9.17) is 4.78 Å². The zero-order valence-corrected chi connectivity index (χ0v) is 15.5. The van der Waals surface area contributed by atoms with Gasteiger partial charge in [-0.15, -0.1) is 0 Å². The van der Waals surface area contributed by atoms with Gasteiger partial charge in [-0.05, 0) is 63.7 Å². The minimum Gasteiger partial charge on any atom is -0.299 e. The second-order valence-corrected chi connectivity index (χ2v) is 11.2. The number of hydrogen-bond acceptors (Lipinski definition) is 3. The number of carbonyl (C=O) groups excluding carboxylic acids is 1. The lowest BCUT2D eigenvalue weighted by molar-refractivity contribution is -0.129. The van der Waals surface area contributed by atoms with Crippen molar-refractivity contribution < 1.29 is 9.00 Å². The van der Waals surface area contributed by atoms with Crippen LogP contribution in [0.25, 0.3) is 0 Å². The van der Waals surface area contributed by atoms with Crippen LogP contribution in [0, 0.1) is 27.9 Å². The molecule has 0 aliphatic heterocycles. The summed E-state index contributed by atoms with van der Waals surface area (Å²) in [7, 11) is -2.73. The summed E-state index contributed by atoms with van der Waals surface area (Å²) in [5, 5.41) is 1.62. The Hall–Kier alpha value is -0.640. The molecule has 0 aromatic heterocycles. The van der Waals surface area contributed by atoms with Gasteiger partial charge >= 0.3 is 0 Å². The lowest BCUT2D eigenvalue weighted by Crippen LogP contribution is -2.39. The van der Waals surface area contributed by atoms with Crippen molar-refractivity contribution in [2.75, 3.05) is 0 Å². The van der Waals surface area contributed by atoms with Gasteiger partial charge in [0, 0.05) is 22.5 Å². The van der Waals surface area contributed by atoms with Crippen LogP contribution in [0.4, 0.5) is 0 Å². The number of nitrogens with one attached hydrogen (secondary N) is 1. The number of Topliss-reactive ketones (excluding diaryl/α,β-unsaturated/α-hetero) is 1. The molecule has 2 aliphatic carbocycles. The highest BCUT2D eigenvalue weighted by Crippen LogP contribution is 2.56. The Balaban J connectivity index is 2.17. The molecule has 126 valence electrons. The summed E-state index contributed by atoms with van der Waals surface area (Å²) in [4.78, 5) is 12.2. The Labute approximate surface area is 135 Å². The van der Waals surface area contributed by atoms with E-state index in [0.717, 1.165) is 32.1 Å². The van der Waals surface area contributed by atoms with E-state index in [2.05, 4.69) is 13.8 Å². The number of allylic oxidation sites excluding steroid dienone is 1. The van der Waals surface area contributed by atoms with Crippen LogP contribution in [0.5, 0.6) is 0 Å². The Morgan fingerprint density at radius 1 is 1.36 bits per heavy atom. The molecule has 0 amide bonds. The predicted octanol–water partition coefficient (Wildman–Crippen LogP) is 4.77. The molecule has 2 rings (SSSR count). The minimum atomic E-state index is -2.73. The zero-order valence-electron chi connectivity index (χ0n) is 14.6. The molecule has 0 aromatic rings. The number of hydrogen-bond donors (Lipinski definition) is 1. The van der Waals surface area contributed by atoms with Crippen molar-refractivity contribution in [3.63, 3.8) is 0 Å². The van der Waals surface area contributed by atoms with Gasteiger partial charge in [0.25, 0.3) is 0 Å². The first-order chi connectivity index (χ1) is 9.99. The van der Waals surface area contributed by atoms with E-state index in [1.54, 1.807) is 5.41 Å². The number of carbonyl (C=O) groups is 1. The Morgan fingerprint density at radius 3 is 2.59 bits per heavy atom. The average Bonchev–Trinajstić information content (AvgIpc) is 2.73. The molecule has 1 N–H and O–H groups in total. The molecule has 2 aliphatic rings. The van der Waals surface area contributed by atoms with Crippen molar-refractivity contribution in [2.45, 2.75) is 71.5 Å². The van der Waals surface area contributed by atoms with Crippen molar-refractivity contribution in [2.24, 2.45) is 23.2 Å². The Bertz CT molecular complexity index is 570. The van der Waals surface area contributed by atoms with Crippen LogP contribution in [0.2, 0.25) is 0 Å². The van der Waals surface area contributed by atoms with E-state index >= 15 is 0 Å². The van der Waals surface area contributed by atoms with E-state index in [9.17, 15) is 9.00 Å². The first-order valence-corrected chi connectivity index (χ1v) is 10.1. The number of rotatable bonds is 3. The molecule has 0 heterocycles. The van der Waals surface area contributed by atoms with Gasteiger partial charge in [0.15, 0.2) is 0 Å². The summed E-state index contributed by atoms with van der Waals surface area (Å²) in [5.74, 6) is 1.42. The number of ketones is 1. The third kappa shape index (κ3) is 3.04. The lowest BCUT2D eigenvalue weighted by Gasteiger charge is -2.41. The summed E-state index contributed by atoms with van der Waals surface area (Å²) in [6.07, 6.45) is 6.96. The van der Waals surface area contributed by atoms with E-state index in [-0.39, 0.29) is 17.3 Å². The lowest BCUT2D eigenvalue weighted by atomic mass is 9.62. The molecule has 2 saturated carbocycles. The molecule has 4 heteroatoms. The Morgan fingerprint density at radius 2 is 2.00 bits per heavy atom. The van der Waals surface area contributed by atoms with Crippen molar-refractivity contribution in [3.05, 3.63) is 11.5 Å². The van der Waals surface area contributed by atoms with Crippen molar-refractivity contribution in [1.29, 1.82) is 4.78 Å². The Kier molecular flexibility index (Phi) is 4.65. The van der Waals surface area contributed by atoms with Crippen LogP contribution < -0.4 is 0 Å². The van der Waals surface area contributed by atoms with Gasteiger partial charge in [0.2, 0.25) is 0 Å². The molecular weight excluding hydrogens is 294 g/mol. The summed E-state index contributed by atoms with van der Waals surface area (Å²) in [5.41, 5.74) is 0.101. The quantitative estimate of drug-likeness (QED) is 0.812. The highest BCUT2D eigenvalue weighted by Gasteiger charge is 2.52. The predicted molar refractivity (Wildman–Crippen MR) is 92.1 cm³/mol. The second-order valence-electron chi connectivity index (χ2n) is 8.46. The van der Waals surface area contributed by atoms with Gasteiger partial charge in [-0.25, -0.2) is 8.99 Å². The van der Waals surface area contributed by atoms with Gasteiger partial charge in [-0.2, -0.15) is 0 Å². The largest absolute Gasteiger partial charge is 0.299 e. The van der Waals surface area contributed by atoms with Crippen LogP contribution in [0.15, 0.2) is 11.5 Å². The van der Waals surface area contributed by atoms with Gasteiger partial charge < -0.3 is 0 Å². The standard InChI is InChI=1S/C18H31NO2S/c1-13(10-12-22(19,21)17(2,3)4)14-8-9-15-16(20)7-6-11-18(14,15)5/h10,12-15,19H,6-9,11H2,1-5H3/b12-10+/t13-,14?,15+,18-,22+/m1/s1. The fourth-order valence-electron chi connectivity index (χ4n) is 4.41. The molecule has 0 saturated heterocycles. The van der Waals surface area contributed by atoms with E-state index in [1.807, 2.05) is 26.8 Å². The highest BCUT2D eigenvalue weighted by molar-refractivity contribution is 7.96. The molecule has 0 aromatic carbocycles. The van der Waals surface area contributed by atoms with Crippen molar-refractivity contribution >= 4 is 15.5 Å². The minimum absolute atomic E-state index is 0.101. The van der Waals surface area contributed by atoms with Gasteiger partial charge in [0.1, 0.15) is 5.78 Å². The molecule has 0 bridgehead atoms. The average molecular weight is 326 g/mol. The normalized spacial score (nSPS) is 37.0. The van der Waals surface area contributed by atoms with Crippen molar-refractivity contribution in [3.8, 4) is 0 Å². The molecule has 3 nitrogen and oxygen atoms in total. The maximum Gasteiger partial charge on any atom is 0.136 e. The first-order valence-electron chi connectivity index (χ1n) is 8.48. The fourth-order valence-corrected chi connectivity index (χ4v) is 5.28. The highest BCUT2D eigenvalue weighted by atomic mass is 32.2. The molecule has 22 heavy (non-hydrogen) atoms. The first kappa shape index (κ1) is 17.7. The second kappa shape index (κ2) is 5.77. The van der Waals surface area contributed by atoms with Gasteiger partial charge in [-0.1, -0.05) is 19.9 Å². The summed E-state index contributed by atoms with van der Waals surface area (Å²) >= 11 is 0. The van der Waals surface area contributed by atoms with Crippen LogP contribution in [0.3, 0.4) is 0 Å². The molecular formula is C18H31NO2S. The van der Waals surface area contributed by atoms with Crippen LogP contribution in [-0.4, -0.2) is 14.7 Å². The molecule has 2 fully saturated rings. The smallest absolute Gasteiger partial charge is 0.136 e. The SMILES string of the molecule is C[C@H](/C=C/[S@](=N)(=O)C(C)(C)C)C1CC[C@H]2C(=O)CCC[C@]12C. The molecule has 0 radical (unpaired) electrons. The number of fused-ring (bicyclic) bond motifs is 1. The van der Waals surface area contributed by atoms with Crippen LogP contribution in [-0.2, 0) is 14.5 Å². The topological polar surface area (TPSA) is 58.0 Å². The van der Waals surface area contributed by atoms with Crippen LogP contribution in [0.1, 0.15) is 66.7 Å².